The maximum Gasteiger partial charge on any atom is 0.322 e. The zero-order valence-electron chi connectivity index (χ0n) is 10.3. The van der Waals surface area contributed by atoms with Gasteiger partial charge in [-0.05, 0) is 18.6 Å². The predicted molar refractivity (Wildman–Crippen MR) is 71.8 cm³/mol. The minimum atomic E-state index is 0.143. The summed E-state index contributed by atoms with van der Waals surface area (Å²) in [5, 5.41) is 3.10. The normalized spacial score (nSPS) is 10.3. The molecule has 18 heavy (non-hydrogen) atoms. The summed E-state index contributed by atoms with van der Waals surface area (Å²) in [6.07, 6.45) is 1.05. The van der Waals surface area contributed by atoms with E-state index >= 15 is 0 Å². The number of ether oxygens (including phenoxy) is 1. The van der Waals surface area contributed by atoms with Crippen molar-refractivity contribution in [2.24, 2.45) is 0 Å². The molecule has 6 nitrogen and oxygen atoms in total. The quantitative estimate of drug-likeness (QED) is 0.855. The molecule has 0 aromatic carbocycles. The monoisotopic (exact) mass is 265 g/mol. The van der Waals surface area contributed by atoms with Gasteiger partial charge >= 0.3 is 6.01 Å². The molecule has 2 aromatic rings. The summed E-state index contributed by atoms with van der Waals surface area (Å²) in [5.74, 6) is 0.565. The number of aromatic nitrogens is 3. The van der Waals surface area contributed by atoms with Crippen molar-refractivity contribution in [3.8, 4) is 6.01 Å². The van der Waals surface area contributed by atoms with Crippen molar-refractivity contribution in [2.75, 3.05) is 18.2 Å². The van der Waals surface area contributed by atoms with Gasteiger partial charge in [0.2, 0.25) is 11.9 Å². The lowest BCUT2D eigenvalue weighted by Crippen LogP contribution is -2.07. The molecule has 2 heterocycles. The Bertz CT molecular complexity index is 528. The Kier molecular flexibility index (Phi) is 3.93. The molecule has 0 saturated carbocycles. The summed E-state index contributed by atoms with van der Waals surface area (Å²) >= 11 is 1.77. The Labute approximate surface area is 109 Å². The number of methoxy groups -OCH3 is 1. The van der Waals surface area contributed by atoms with Crippen LogP contribution in [0.3, 0.4) is 0 Å². The SMILES string of the molecule is CCc1ccc(CNc2nc(N)nc(OC)n2)s1. The molecule has 0 aliphatic carbocycles. The molecule has 0 amide bonds. The minimum Gasteiger partial charge on any atom is -0.467 e. The van der Waals surface area contributed by atoms with Crippen LogP contribution in [-0.4, -0.2) is 22.1 Å². The maximum absolute atomic E-state index is 5.55. The molecule has 0 spiro atoms. The highest BCUT2D eigenvalue weighted by atomic mass is 32.1. The Morgan fingerprint density at radius 3 is 2.72 bits per heavy atom. The molecule has 0 fully saturated rings. The van der Waals surface area contributed by atoms with Crippen molar-refractivity contribution in [3.05, 3.63) is 21.9 Å². The Morgan fingerprint density at radius 1 is 1.28 bits per heavy atom. The Hall–Kier alpha value is -1.89. The average molecular weight is 265 g/mol. The molecule has 7 heteroatoms. The zero-order valence-corrected chi connectivity index (χ0v) is 11.1. The first kappa shape index (κ1) is 12.6. The number of anilines is 2. The molecule has 2 rings (SSSR count). The predicted octanol–water partition coefficient (Wildman–Crippen LogP) is 1.70. The van der Waals surface area contributed by atoms with E-state index in [2.05, 4.69) is 39.3 Å². The molecule has 0 aliphatic rings. The van der Waals surface area contributed by atoms with Crippen LogP contribution in [0.5, 0.6) is 6.01 Å². The van der Waals surface area contributed by atoms with Crippen molar-refractivity contribution in [1.29, 1.82) is 0 Å². The third-order valence-electron chi connectivity index (χ3n) is 2.30. The first-order valence-electron chi connectivity index (χ1n) is 5.58. The second-order valence-corrected chi connectivity index (χ2v) is 4.83. The van der Waals surface area contributed by atoms with Crippen molar-refractivity contribution in [3.63, 3.8) is 0 Å². The molecule has 0 atom stereocenters. The fraction of sp³-hybridized carbons (Fsp3) is 0.364. The van der Waals surface area contributed by atoms with E-state index in [0.29, 0.717) is 12.5 Å². The Morgan fingerprint density at radius 2 is 2.06 bits per heavy atom. The van der Waals surface area contributed by atoms with Gasteiger partial charge in [-0.3, -0.25) is 0 Å². The van der Waals surface area contributed by atoms with E-state index in [1.165, 1.54) is 16.9 Å². The van der Waals surface area contributed by atoms with E-state index in [4.69, 9.17) is 10.5 Å². The topological polar surface area (TPSA) is 86.0 Å². The van der Waals surface area contributed by atoms with Gasteiger partial charge in [-0.25, -0.2) is 0 Å². The van der Waals surface area contributed by atoms with E-state index in [1.54, 1.807) is 11.3 Å². The molecule has 0 radical (unpaired) electrons. The molecular weight excluding hydrogens is 250 g/mol. The fourth-order valence-corrected chi connectivity index (χ4v) is 2.31. The van der Waals surface area contributed by atoms with Crippen LogP contribution in [-0.2, 0) is 13.0 Å². The van der Waals surface area contributed by atoms with Gasteiger partial charge in [0, 0.05) is 9.75 Å². The van der Waals surface area contributed by atoms with Gasteiger partial charge in [0.25, 0.3) is 0 Å². The lowest BCUT2D eigenvalue weighted by molar-refractivity contribution is 0.379. The van der Waals surface area contributed by atoms with Crippen molar-refractivity contribution in [2.45, 2.75) is 19.9 Å². The van der Waals surface area contributed by atoms with Crippen LogP contribution in [0, 0.1) is 0 Å². The Balaban J connectivity index is 2.03. The van der Waals surface area contributed by atoms with Crippen LogP contribution >= 0.6 is 11.3 Å². The summed E-state index contributed by atoms with van der Waals surface area (Å²) in [6.45, 7) is 2.80. The van der Waals surface area contributed by atoms with Crippen LogP contribution in [0.25, 0.3) is 0 Å². The number of hydrogen-bond donors (Lipinski definition) is 2. The summed E-state index contributed by atoms with van der Waals surface area (Å²) in [5.41, 5.74) is 5.55. The lowest BCUT2D eigenvalue weighted by Gasteiger charge is -2.05. The zero-order chi connectivity index (χ0) is 13.0. The second-order valence-electron chi connectivity index (χ2n) is 3.58. The molecular formula is C11H15N5OS. The number of thiophene rings is 1. The van der Waals surface area contributed by atoms with Gasteiger partial charge in [-0.1, -0.05) is 6.92 Å². The first-order chi connectivity index (χ1) is 8.71. The van der Waals surface area contributed by atoms with Gasteiger partial charge in [-0.15, -0.1) is 11.3 Å². The van der Waals surface area contributed by atoms with Crippen LogP contribution in [0.4, 0.5) is 11.9 Å². The average Bonchev–Trinajstić information content (AvgIpc) is 2.83. The summed E-state index contributed by atoms with van der Waals surface area (Å²) < 4.78 is 4.93. The van der Waals surface area contributed by atoms with Crippen molar-refractivity contribution in [1.82, 2.24) is 15.0 Å². The van der Waals surface area contributed by atoms with Crippen molar-refractivity contribution < 1.29 is 4.74 Å². The van der Waals surface area contributed by atoms with Crippen LogP contribution < -0.4 is 15.8 Å². The van der Waals surface area contributed by atoms with E-state index < -0.39 is 0 Å². The van der Waals surface area contributed by atoms with Crippen LogP contribution in [0.2, 0.25) is 0 Å². The molecule has 0 bridgehead atoms. The van der Waals surface area contributed by atoms with Gasteiger partial charge in [-0.2, -0.15) is 15.0 Å². The highest BCUT2D eigenvalue weighted by Crippen LogP contribution is 2.18. The summed E-state index contributed by atoms with van der Waals surface area (Å²) in [6, 6.07) is 4.44. The molecule has 0 saturated heterocycles. The fourth-order valence-electron chi connectivity index (χ4n) is 1.42. The largest absolute Gasteiger partial charge is 0.467 e. The number of rotatable bonds is 5. The van der Waals surface area contributed by atoms with Gasteiger partial charge < -0.3 is 15.8 Å². The number of nitrogens with zero attached hydrogens (tertiary/aromatic N) is 3. The highest BCUT2D eigenvalue weighted by Gasteiger charge is 2.05. The number of nitrogens with two attached hydrogens (primary N) is 1. The molecule has 2 aromatic heterocycles. The van der Waals surface area contributed by atoms with E-state index in [1.807, 2.05) is 0 Å². The lowest BCUT2D eigenvalue weighted by atomic mass is 10.4. The van der Waals surface area contributed by atoms with Gasteiger partial charge in [0.15, 0.2) is 0 Å². The summed E-state index contributed by atoms with van der Waals surface area (Å²) in [4.78, 5) is 14.5. The molecule has 3 N–H and O–H groups in total. The molecule has 0 aliphatic heterocycles. The van der Waals surface area contributed by atoms with Crippen molar-refractivity contribution >= 4 is 23.2 Å². The third kappa shape index (κ3) is 3.07. The minimum absolute atomic E-state index is 0.143. The first-order valence-corrected chi connectivity index (χ1v) is 6.40. The molecule has 96 valence electrons. The van der Waals surface area contributed by atoms with E-state index in [-0.39, 0.29) is 12.0 Å². The van der Waals surface area contributed by atoms with Crippen LogP contribution in [0.1, 0.15) is 16.7 Å². The highest BCUT2D eigenvalue weighted by molar-refractivity contribution is 7.12. The van der Waals surface area contributed by atoms with Gasteiger partial charge in [0.1, 0.15) is 0 Å². The van der Waals surface area contributed by atoms with Gasteiger partial charge in [0.05, 0.1) is 13.7 Å². The summed E-state index contributed by atoms with van der Waals surface area (Å²) in [7, 11) is 1.49. The smallest absolute Gasteiger partial charge is 0.322 e. The second kappa shape index (κ2) is 5.63. The van der Waals surface area contributed by atoms with E-state index in [0.717, 1.165) is 6.42 Å². The molecule has 0 unspecified atom stereocenters. The number of aryl methyl sites for hydroxylation is 1. The number of nitrogen functional groups attached to an aromatic ring is 1. The van der Waals surface area contributed by atoms with Crippen LogP contribution in [0.15, 0.2) is 12.1 Å². The third-order valence-corrected chi connectivity index (χ3v) is 3.53. The number of hydrogen-bond acceptors (Lipinski definition) is 7. The number of nitrogens with one attached hydrogen (secondary N) is 1. The maximum atomic E-state index is 5.55. The van der Waals surface area contributed by atoms with E-state index in [9.17, 15) is 0 Å². The standard InChI is InChI=1S/C11H15N5OS/c1-3-7-4-5-8(18-7)6-13-10-14-9(12)15-11(16-10)17-2/h4-5H,3,6H2,1-2H3,(H3,12,13,14,15,16).